The zero-order valence-corrected chi connectivity index (χ0v) is 19.2. The van der Waals surface area contributed by atoms with Crippen molar-refractivity contribution in [3.05, 3.63) is 65.2 Å². The van der Waals surface area contributed by atoms with E-state index in [-0.39, 0.29) is 0 Å². The maximum Gasteiger partial charge on any atom is 0.125 e. The maximum absolute atomic E-state index is 6.04. The van der Waals surface area contributed by atoms with Crippen molar-refractivity contribution in [3.63, 3.8) is 0 Å². The van der Waals surface area contributed by atoms with Gasteiger partial charge in [0, 0.05) is 12.6 Å². The Labute approximate surface area is 186 Å². The van der Waals surface area contributed by atoms with Crippen LogP contribution in [0.5, 0.6) is 17.2 Å². The molecule has 2 aromatic rings. The lowest BCUT2D eigenvalue weighted by Gasteiger charge is -2.14. The van der Waals surface area contributed by atoms with Crippen LogP contribution in [0.1, 0.15) is 42.9 Å². The summed E-state index contributed by atoms with van der Waals surface area (Å²) < 4.78 is 17.6. The van der Waals surface area contributed by atoms with Gasteiger partial charge in [-0.25, -0.2) is 0 Å². The summed E-state index contributed by atoms with van der Waals surface area (Å²) in [4.78, 5) is 4.69. The minimum atomic E-state index is 0.587. The molecule has 0 aliphatic carbocycles. The van der Waals surface area contributed by atoms with E-state index in [9.17, 15) is 0 Å². The van der Waals surface area contributed by atoms with E-state index < -0.39 is 0 Å². The normalized spacial score (nSPS) is 11.2. The summed E-state index contributed by atoms with van der Waals surface area (Å²) in [5.74, 6) is 2.73. The van der Waals surface area contributed by atoms with Gasteiger partial charge in [-0.1, -0.05) is 29.4 Å². The molecule has 0 N–H and O–H groups in total. The van der Waals surface area contributed by atoms with E-state index >= 15 is 0 Å². The van der Waals surface area contributed by atoms with Crippen molar-refractivity contribution >= 4 is 6.21 Å². The Morgan fingerprint density at radius 2 is 1.61 bits per heavy atom. The lowest BCUT2D eigenvalue weighted by Crippen LogP contribution is -2.03. The average molecular weight is 426 g/mol. The number of hydrogen-bond acceptors (Lipinski definition) is 5. The smallest absolute Gasteiger partial charge is 0.125 e. The van der Waals surface area contributed by atoms with Gasteiger partial charge in [0.2, 0.25) is 0 Å². The molecule has 0 radical (unpaired) electrons. The highest BCUT2D eigenvalue weighted by molar-refractivity contribution is 5.61. The van der Waals surface area contributed by atoms with E-state index in [4.69, 9.17) is 14.2 Å². The monoisotopic (exact) mass is 425 g/mol. The van der Waals surface area contributed by atoms with Crippen molar-refractivity contribution < 1.29 is 19.0 Å². The highest BCUT2D eigenvalue weighted by Crippen LogP contribution is 2.28. The average Bonchev–Trinajstić information content (AvgIpc) is 2.75. The number of benzene rings is 2. The fraction of sp³-hybridized carbons (Fsp3) is 0.423. The first-order chi connectivity index (χ1) is 15.1. The Morgan fingerprint density at radius 1 is 0.871 bits per heavy atom. The molecule has 0 amide bonds. The number of ether oxygens (including phenoxy) is 3. The Bertz CT molecular complexity index is 822. The van der Waals surface area contributed by atoms with Gasteiger partial charge in [-0.15, -0.1) is 0 Å². The van der Waals surface area contributed by atoms with Crippen molar-refractivity contribution in [3.8, 4) is 17.2 Å². The molecule has 31 heavy (non-hydrogen) atoms. The third-order valence-corrected chi connectivity index (χ3v) is 4.72. The van der Waals surface area contributed by atoms with Gasteiger partial charge >= 0.3 is 0 Å². The van der Waals surface area contributed by atoms with Crippen LogP contribution in [0.15, 0.2) is 53.7 Å². The third kappa shape index (κ3) is 9.16. The van der Waals surface area contributed by atoms with Gasteiger partial charge < -0.3 is 19.0 Å². The lowest BCUT2D eigenvalue weighted by molar-refractivity contribution is 0.215. The first-order valence-corrected chi connectivity index (χ1v) is 10.9. The van der Waals surface area contributed by atoms with E-state index in [0.29, 0.717) is 19.8 Å². The van der Waals surface area contributed by atoms with E-state index in [2.05, 4.69) is 29.9 Å². The molecule has 5 nitrogen and oxygen atoms in total. The van der Waals surface area contributed by atoms with Crippen LogP contribution in [0.4, 0.5) is 0 Å². The van der Waals surface area contributed by atoms with Gasteiger partial charge in [-0.05, 0) is 81.0 Å². The first kappa shape index (κ1) is 24.3. The molecule has 0 heterocycles. The zero-order valence-electron chi connectivity index (χ0n) is 19.2. The Hall–Kier alpha value is -2.95. The fourth-order valence-corrected chi connectivity index (χ4v) is 3.19. The number of nitrogens with zero attached hydrogens (tertiary/aromatic N) is 1. The number of hydrogen-bond donors (Lipinski definition) is 0. The summed E-state index contributed by atoms with van der Waals surface area (Å²) in [6, 6.07) is 12.2. The summed E-state index contributed by atoms with van der Waals surface area (Å²) >= 11 is 0. The van der Waals surface area contributed by atoms with Crippen molar-refractivity contribution in [2.24, 2.45) is 5.16 Å². The Balaban J connectivity index is 1.66. The second-order valence-corrected chi connectivity index (χ2v) is 7.35. The molecule has 168 valence electrons. The third-order valence-electron chi connectivity index (χ3n) is 4.72. The number of aryl methyl sites for hydroxylation is 2. The number of rotatable bonds is 14. The van der Waals surface area contributed by atoms with Crippen molar-refractivity contribution in [2.45, 2.75) is 46.5 Å². The predicted molar refractivity (Wildman–Crippen MR) is 127 cm³/mol. The summed E-state index contributed by atoms with van der Waals surface area (Å²) in [6.45, 7) is 8.11. The fourth-order valence-electron chi connectivity index (χ4n) is 3.19. The molecule has 0 saturated heterocycles. The SMILES string of the molecule is C/C=C/COc1cc(C)c(OCCCCCOc2cccc(C/C=N/OC)c2)c(C)c1. The quantitative estimate of drug-likeness (QED) is 0.160. The number of allylic oxidation sites excluding steroid dienone is 1. The molecule has 0 aliphatic rings. The van der Waals surface area contributed by atoms with Crippen molar-refractivity contribution in [1.82, 2.24) is 0 Å². The van der Waals surface area contributed by atoms with Crippen LogP contribution >= 0.6 is 0 Å². The second kappa shape index (κ2) is 14.1. The van der Waals surface area contributed by atoms with Crippen LogP contribution in [0.2, 0.25) is 0 Å². The lowest BCUT2D eigenvalue weighted by atomic mass is 10.1. The molecule has 0 bridgehead atoms. The zero-order chi connectivity index (χ0) is 22.3. The highest BCUT2D eigenvalue weighted by atomic mass is 16.6. The van der Waals surface area contributed by atoms with Gasteiger partial charge in [0.25, 0.3) is 0 Å². The van der Waals surface area contributed by atoms with Crippen LogP contribution in [0.25, 0.3) is 0 Å². The Morgan fingerprint density at radius 3 is 2.32 bits per heavy atom. The molecule has 0 unspecified atom stereocenters. The molecule has 2 rings (SSSR count). The van der Waals surface area contributed by atoms with E-state index in [1.165, 1.54) is 0 Å². The summed E-state index contributed by atoms with van der Waals surface area (Å²) in [5, 5.41) is 3.77. The van der Waals surface area contributed by atoms with Crippen LogP contribution in [-0.4, -0.2) is 33.1 Å². The number of oxime groups is 1. The first-order valence-electron chi connectivity index (χ1n) is 10.9. The van der Waals surface area contributed by atoms with Crippen LogP contribution in [-0.2, 0) is 11.3 Å². The highest BCUT2D eigenvalue weighted by Gasteiger charge is 2.07. The molecule has 0 atom stereocenters. The molecule has 5 heteroatoms. The predicted octanol–water partition coefficient (Wildman–Crippen LogP) is 6.06. The van der Waals surface area contributed by atoms with E-state index in [0.717, 1.165) is 59.6 Å². The standard InChI is InChI=1S/C26H35NO4/c1-5-6-15-30-25-18-21(2)26(22(3)19-25)31-17-9-7-8-16-29-24-12-10-11-23(20-24)13-14-27-28-4/h5-6,10-12,14,18-20H,7-9,13,15-17H2,1-4H3/b6-5+,27-14+. The molecule has 0 saturated carbocycles. The summed E-state index contributed by atoms with van der Waals surface area (Å²) in [5.41, 5.74) is 3.36. The molecule has 0 spiro atoms. The van der Waals surface area contributed by atoms with Gasteiger partial charge in [0.1, 0.15) is 31.0 Å². The molecule has 0 aromatic heterocycles. The van der Waals surface area contributed by atoms with Crippen molar-refractivity contribution in [1.29, 1.82) is 0 Å². The van der Waals surface area contributed by atoms with Crippen LogP contribution < -0.4 is 14.2 Å². The van der Waals surface area contributed by atoms with Gasteiger partial charge in [0.15, 0.2) is 0 Å². The van der Waals surface area contributed by atoms with Gasteiger partial charge in [-0.3, -0.25) is 0 Å². The van der Waals surface area contributed by atoms with Crippen LogP contribution in [0, 0.1) is 13.8 Å². The van der Waals surface area contributed by atoms with Crippen molar-refractivity contribution in [2.75, 3.05) is 26.9 Å². The molecular formula is C26H35NO4. The molecule has 0 aliphatic heterocycles. The topological polar surface area (TPSA) is 49.3 Å². The van der Waals surface area contributed by atoms with E-state index in [1.54, 1.807) is 13.3 Å². The van der Waals surface area contributed by atoms with Gasteiger partial charge in [-0.2, -0.15) is 0 Å². The molecule has 2 aromatic carbocycles. The number of unbranched alkanes of at least 4 members (excludes halogenated alkanes) is 2. The second-order valence-electron chi connectivity index (χ2n) is 7.35. The molecule has 0 fully saturated rings. The summed E-state index contributed by atoms with van der Waals surface area (Å²) in [7, 11) is 1.54. The van der Waals surface area contributed by atoms with Gasteiger partial charge in [0.05, 0.1) is 13.2 Å². The minimum absolute atomic E-state index is 0.587. The largest absolute Gasteiger partial charge is 0.494 e. The van der Waals surface area contributed by atoms with Crippen LogP contribution in [0.3, 0.4) is 0 Å². The minimum Gasteiger partial charge on any atom is -0.494 e. The Kier molecular flexibility index (Phi) is 11.1. The summed E-state index contributed by atoms with van der Waals surface area (Å²) in [6.07, 6.45) is 9.50. The maximum atomic E-state index is 6.04. The molecular weight excluding hydrogens is 390 g/mol. The van der Waals surface area contributed by atoms with E-state index in [1.807, 2.05) is 49.4 Å².